The lowest BCUT2D eigenvalue weighted by molar-refractivity contribution is -0.145. The lowest BCUT2D eigenvalue weighted by Gasteiger charge is -2.23. The highest BCUT2D eigenvalue weighted by Gasteiger charge is 2.32. The molecule has 2 fully saturated rings. The van der Waals surface area contributed by atoms with E-state index in [9.17, 15) is 26.4 Å². The van der Waals surface area contributed by atoms with Crippen molar-refractivity contribution < 1.29 is 31.1 Å². The SMILES string of the molecule is COc1ccc(C(=O)N2CCCN(CC(F)(F)F)CC2)cc1S(=O)(=O)NC1CCCC1. The molecule has 1 saturated heterocycles. The Morgan fingerprint density at radius 2 is 1.84 bits per heavy atom. The Hall–Kier alpha value is -1.85. The van der Waals surface area contributed by atoms with Crippen LogP contribution in [0, 0.1) is 0 Å². The van der Waals surface area contributed by atoms with Gasteiger partial charge < -0.3 is 9.64 Å². The number of benzene rings is 1. The summed E-state index contributed by atoms with van der Waals surface area (Å²) in [5.74, 6) is -0.275. The Morgan fingerprint density at radius 1 is 1.13 bits per heavy atom. The largest absolute Gasteiger partial charge is 0.495 e. The van der Waals surface area contributed by atoms with Gasteiger partial charge in [-0.1, -0.05) is 12.8 Å². The third-order valence-corrected chi connectivity index (χ3v) is 7.20. The van der Waals surface area contributed by atoms with Crippen LogP contribution in [0.25, 0.3) is 0 Å². The molecule has 0 spiro atoms. The van der Waals surface area contributed by atoms with Crippen molar-refractivity contribution in [1.29, 1.82) is 0 Å². The average Bonchev–Trinajstić information content (AvgIpc) is 3.09. The highest BCUT2D eigenvalue weighted by Crippen LogP contribution is 2.28. The van der Waals surface area contributed by atoms with Crippen LogP contribution in [-0.4, -0.2) is 76.2 Å². The second kappa shape index (κ2) is 9.74. The fourth-order valence-electron chi connectivity index (χ4n) is 4.11. The molecule has 1 N–H and O–H groups in total. The summed E-state index contributed by atoms with van der Waals surface area (Å²) in [6, 6.07) is 4.06. The maximum absolute atomic E-state index is 13.0. The number of ether oxygens (including phenoxy) is 1. The van der Waals surface area contributed by atoms with Crippen molar-refractivity contribution in [3.8, 4) is 5.75 Å². The molecule has 1 aliphatic carbocycles. The highest BCUT2D eigenvalue weighted by atomic mass is 32.2. The first-order chi connectivity index (χ1) is 14.6. The minimum Gasteiger partial charge on any atom is -0.495 e. The standard InChI is InChI=1S/C20H28F3N3O4S/c1-30-17-8-7-15(13-18(17)31(28,29)24-16-5-2-3-6-16)19(27)26-10-4-9-25(11-12-26)14-20(21,22)23/h7-8,13,16,24H,2-6,9-12,14H2,1H3. The number of hydrogen-bond acceptors (Lipinski definition) is 5. The van der Waals surface area contributed by atoms with Gasteiger partial charge in [0.1, 0.15) is 10.6 Å². The van der Waals surface area contributed by atoms with Crippen LogP contribution < -0.4 is 9.46 Å². The van der Waals surface area contributed by atoms with Gasteiger partial charge in [-0.3, -0.25) is 9.69 Å². The average molecular weight is 464 g/mol. The lowest BCUT2D eigenvalue weighted by atomic mass is 10.2. The van der Waals surface area contributed by atoms with E-state index in [0.29, 0.717) is 13.0 Å². The van der Waals surface area contributed by atoms with Gasteiger partial charge >= 0.3 is 6.18 Å². The van der Waals surface area contributed by atoms with Gasteiger partial charge in [-0.05, 0) is 37.5 Å². The molecule has 11 heteroatoms. The van der Waals surface area contributed by atoms with Gasteiger partial charge in [0.2, 0.25) is 10.0 Å². The van der Waals surface area contributed by atoms with Crippen molar-refractivity contribution in [2.45, 2.75) is 49.2 Å². The number of rotatable bonds is 6. The molecule has 31 heavy (non-hydrogen) atoms. The second-order valence-corrected chi connectivity index (χ2v) is 9.69. The predicted octanol–water partition coefficient (Wildman–Crippen LogP) is 2.63. The third kappa shape index (κ3) is 6.33. The van der Waals surface area contributed by atoms with Gasteiger partial charge in [0, 0.05) is 37.8 Å². The predicted molar refractivity (Wildman–Crippen MR) is 109 cm³/mol. The van der Waals surface area contributed by atoms with Crippen molar-refractivity contribution in [3.63, 3.8) is 0 Å². The number of nitrogens with zero attached hydrogens (tertiary/aromatic N) is 2. The number of nitrogens with one attached hydrogen (secondary N) is 1. The molecule has 2 aliphatic rings. The second-order valence-electron chi connectivity index (χ2n) is 8.01. The summed E-state index contributed by atoms with van der Waals surface area (Å²) in [7, 11) is -2.53. The van der Waals surface area contributed by atoms with Crippen molar-refractivity contribution in [2.24, 2.45) is 0 Å². The molecular formula is C20H28F3N3O4S. The molecule has 0 atom stereocenters. The zero-order valence-corrected chi connectivity index (χ0v) is 18.3. The van der Waals surface area contributed by atoms with Crippen LogP contribution in [0.2, 0.25) is 0 Å². The number of methoxy groups -OCH3 is 1. The highest BCUT2D eigenvalue weighted by molar-refractivity contribution is 7.89. The Balaban J connectivity index is 1.76. The van der Waals surface area contributed by atoms with E-state index in [1.165, 1.54) is 35.1 Å². The molecule has 174 valence electrons. The van der Waals surface area contributed by atoms with Crippen LogP contribution in [0.1, 0.15) is 42.5 Å². The van der Waals surface area contributed by atoms with E-state index in [2.05, 4.69) is 4.72 Å². The molecule has 1 aromatic rings. The molecule has 3 rings (SSSR count). The maximum atomic E-state index is 13.0. The summed E-state index contributed by atoms with van der Waals surface area (Å²) in [5.41, 5.74) is 0.164. The normalized spacial score (nSPS) is 19.4. The van der Waals surface area contributed by atoms with Crippen LogP contribution in [0.5, 0.6) is 5.75 Å². The fraction of sp³-hybridized carbons (Fsp3) is 0.650. The first kappa shape index (κ1) is 23.8. The van der Waals surface area contributed by atoms with E-state index in [1.54, 1.807) is 0 Å². The Bertz CT molecular complexity index is 886. The van der Waals surface area contributed by atoms with E-state index in [4.69, 9.17) is 4.74 Å². The van der Waals surface area contributed by atoms with Gasteiger partial charge in [-0.15, -0.1) is 0 Å². The van der Waals surface area contributed by atoms with Crippen LogP contribution in [0.15, 0.2) is 23.1 Å². The monoisotopic (exact) mass is 463 g/mol. The zero-order chi connectivity index (χ0) is 22.6. The van der Waals surface area contributed by atoms with Gasteiger partial charge in [-0.25, -0.2) is 13.1 Å². The van der Waals surface area contributed by atoms with Crippen LogP contribution in [-0.2, 0) is 10.0 Å². The molecular weight excluding hydrogens is 435 g/mol. The third-order valence-electron chi connectivity index (χ3n) is 5.66. The van der Waals surface area contributed by atoms with Gasteiger partial charge in [0.15, 0.2) is 0 Å². The molecule has 1 amide bonds. The number of carbonyl (C=O) groups is 1. The lowest BCUT2D eigenvalue weighted by Crippen LogP contribution is -2.38. The number of carbonyl (C=O) groups excluding carboxylic acids is 1. The summed E-state index contributed by atoms with van der Waals surface area (Å²) < 4.78 is 71.7. The summed E-state index contributed by atoms with van der Waals surface area (Å²) in [6.45, 7) is -0.204. The molecule has 1 aromatic carbocycles. The summed E-state index contributed by atoms with van der Waals surface area (Å²) in [5, 5.41) is 0. The van der Waals surface area contributed by atoms with E-state index >= 15 is 0 Å². The quantitative estimate of drug-likeness (QED) is 0.702. The molecule has 0 aromatic heterocycles. The Labute approximate surface area is 180 Å². The Morgan fingerprint density at radius 3 is 2.48 bits per heavy atom. The van der Waals surface area contributed by atoms with Crippen molar-refractivity contribution >= 4 is 15.9 Å². The summed E-state index contributed by atoms with van der Waals surface area (Å²) in [4.78, 5) is 15.6. The molecule has 0 unspecified atom stereocenters. The van der Waals surface area contributed by atoms with Crippen LogP contribution in [0.4, 0.5) is 13.2 Å². The molecule has 7 nitrogen and oxygen atoms in total. The van der Waals surface area contributed by atoms with Gasteiger partial charge in [0.05, 0.1) is 13.7 Å². The van der Waals surface area contributed by atoms with Crippen LogP contribution >= 0.6 is 0 Å². The van der Waals surface area contributed by atoms with Crippen molar-refractivity contribution in [2.75, 3.05) is 39.8 Å². The number of hydrogen-bond donors (Lipinski definition) is 1. The molecule has 0 bridgehead atoms. The molecule has 1 aliphatic heterocycles. The first-order valence-corrected chi connectivity index (χ1v) is 11.9. The van der Waals surface area contributed by atoms with E-state index in [0.717, 1.165) is 25.7 Å². The zero-order valence-electron chi connectivity index (χ0n) is 17.5. The molecule has 0 radical (unpaired) electrons. The summed E-state index contributed by atoms with van der Waals surface area (Å²) >= 11 is 0. The smallest absolute Gasteiger partial charge is 0.401 e. The maximum Gasteiger partial charge on any atom is 0.401 e. The summed E-state index contributed by atoms with van der Waals surface area (Å²) in [6.07, 6.45) is -0.422. The first-order valence-electron chi connectivity index (χ1n) is 10.4. The number of amides is 1. The van der Waals surface area contributed by atoms with Gasteiger partial charge in [-0.2, -0.15) is 13.2 Å². The molecule has 1 heterocycles. The van der Waals surface area contributed by atoms with Gasteiger partial charge in [0.25, 0.3) is 5.91 Å². The minimum atomic E-state index is -4.29. The molecule has 1 saturated carbocycles. The van der Waals surface area contributed by atoms with Crippen LogP contribution in [0.3, 0.4) is 0 Å². The number of sulfonamides is 1. The van der Waals surface area contributed by atoms with Crippen molar-refractivity contribution in [3.05, 3.63) is 23.8 Å². The van der Waals surface area contributed by atoms with Crippen molar-refractivity contribution in [1.82, 2.24) is 14.5 Å². The minimum absolute atomic E-state index is 0.107. The fourth-order valence-corrected chi connectivity index (χ4v) is 5.61. The number of alkyl halides is 3. The van der Waals surface area contributed by atoms with E-state index in [1.807, 2.05) is 0 Å². The van der Waals surface area contributed by atoms with E-state index in [-0.39, 0.29) is 41.9 Å². The number of halogens is 3. The topological polar surface area (TPSA) is 79.0 Å². The van der Waals surface area contributed by atoms with E-state index < -0.39 is 28.7 Å². The Kier molecular flexibility index (Phi) is 7.48.